The van der Waals surface area contributed by atoms with Gasteiger partial charge in [0.05, 0.1) is 25.2 Å². The highest BCUT2D eigenvalue weighted by atomic mass is 35.5. The van der Waals surface area contributed by atoms with Gasteiger partial charge in [-0.15, -0.1) is 0 Å². The van der Waals surface area contributed by atoms with Gasteiger partial charge in [-0.3, -0.25) is 4.31 Å². The van der Waals surface area contributed by atoms with E-state index >= 15 is 0 Å². The van der Waals surface area contributed by atoms with E-state index in [4.69, 9.17) is 16.7 Å². The molecule has 1 N–H and O–H groups in total. The minimum absolute atomic E-state index is 0.0314. The molecule has 0 amide bonds. The van der Waals surface area contributed by atoms with Crippen molar-refractivity contribution in [3.63, 3.8) is 0 Å². The predicted octanol–water partition coefficient (Wildman–Crippen LogP) is 1.26. The minimum atomic E-state index is -3.92. The van der Waals surface area contributed by atoms with E-state index in [0.29, 0.717) is 5.69 Å². The Morgan fingerprint density at radius 3 is 2.50 bits per heavy atom. The lowest BCUT2D eigenvalue weighted by Crippen LogP contribution is -2.34. The van der Waals surface area contributed by atoms with Crippen LogP contribution in [-0.2, 0) is 17.1 Å². The summed E-state index contributed by atoms with van der Waals surface area (Å²) in [5.41, 5.74) is 0.447. The minimum Gasteiger partial charge on any atom is -0.394 e. The fourth-order valence-electron chi connectivity index (χ4n) is 1.74. The molecule has 1 aromatic carbocycles. The Kier molecular flexibility index (Phi) is 4.32. The number of halogens is 1. The first-order chi connectivity index (χ1) is 9.48. The number of benzene rings is 1. The average Bonchev–Trinajstić information content (AvgIpc) is 2.77. The number of rotatable bonds is 5. The molecule has 0 saturated heterocycles. The second-order valence-corrected chi connectivity index (χ2v) is 6.22. The molecule has 0 atom stereocenters. The number of aryl methyl sites for hydroxylation is 1. The highest BCUT2D eigenvalue weighted by Crippen LogP contribution is 2.26. The van der Waals surface area contributed by atoms with Gasteiger partial charge in [0, 0.05) is 7.05 Å². The maximum Gasteiger partial charge on any atom is 0.285 e. The number of para-hydroxylation sites is 1. The number of nitrogens with zero attached hydrogens (tertiary/aromatic N) is 3. The van der Waals surface area contributed by atoms with Gasteiger partial charge in [-0.1, -0.05) is 29.8 Å². The highest BCUT2D eigenvalue weighted by molar-refractivity contribution is 7.92. The van der Waals surface area contributed by atoms with E-state index in [1.807, 2.05) is 0 Å². The fourth-order valence-corrected chi connectivity index (χ4v) is 3.60. The molecule has 0 bridgehead atoms. The van der Waals surface area contributed by atoms with Crippen molar-refractivity contribution in [1.29, 1.82) is 0 Å². The molecule has 0 radical (unpaired) electrons. The number of aliphatic hydroxyl groups excluding tert-OH is 1. The SMILES string of the molecule is Cn1cnc(S(=O)(=O)N(CCO)c2ccccc2)c1Cl. The van der Waals surface area contributed by atoms with Gasteiger partial charge in [0.25, 0.3) is 10.0 Å². The highest BCUT2D eigenvalue weighted by Gasteiger charge is 2.29. The Labute approximate surface area is 122 Å². The fraction of sp³-hybridized carbons (Fsp3) is 0.250. The van der Waals surface area contributed by atoms with Gasteiger partial charge in [-0.05, 0) is 12.1 Å². The van der Waals surface area contributed by atoms with Crippen molar-refractivity contribution in [2.75, 3.05) is 17.5 Å². The number of aliphatic hydroxyl groups is 1. The van der Waals surface area contributed by atoms with Gasteiger partial charge in [0.15, 0.2) is 0 Å². The number of hydrogen-bond acceptors (Lipinski definition) is 4. The third-order valence-corrected chi connectivity index (χ3v) is 5.03. The van der Waals surface area contributed by atoms with Crippen LogP contribution in [0.3, 0.4) is 0 Å². The zero-order valence-corrected chi connectivity index (χ0v) is 12.3. The van der Waals surface area contributed by atoms with E-state index in [9.17, 15) is 8.42 Å². The van der Waals surface area contributed by atoms with Crippen LogP contribution in [0.1, 0.15) is 0 Å². The van der Waals surface area contributed by atoms with Crippen molar-refractivity contribution in [2.24, 2.45) is 7.05 Å². The van der Waals surface area contributed by atoms with Crippen molar-refractivity contribution >= 4 is 27.3 Å². The predicted molar refractivity (Wildman–Crippen MR) is 76.3 cm³/mol. The van der Waals surface area contributed by atoms with Gasteiger partial charge >= 0.3 is 0 Å². The Bertz CT molecular complexity index is 685. The summed E-state index contributed by atoms with van der Waals surface area (Å²) < 4.78 is 27.7. The number of anilines is 1. The molecule has 108 valence electrons. The zero-order valence-electron chi connectivity index (χ0n) is 10.8. The molecular formula is C12H14ClN3O3S. The summed E-state index contributed by atoms with van der Waals surface area (Å²) in [4.78, 5) is 3.84. The van der Waals surface area contributed by atoms with Crippen LogP contribution in [0.4, 0.5) is 5.69 Å². The third kappa shape index (κ3) is 2.65. The van der Waals surface area contributed by atoms with E-state index in [-0.39, 0.29) is 23.3 Å². The summed E-state index contributed by atoms with van der Waals surface area (Å²) in [6.45, 7) is -0.377. The molecule has 0 aliphatic heterocycles. The van der Waals surface area contributed by atoms with Gasteiger partial charge in [-0.2, -0.15) is 8.42 Å². The van der Waals surface area contributed by atoms with Crippen molar-refractivity contribution in [3.05, 3.63) is 41.8 Å². The second-order valence-electron chi connectivity index (χ2n) is 4.09. The van der Waals surface area contributed by atoms with Gasteiger partial charge in [0.2, 0.25) is 5.03 Å². The smallest absolute Gasteiger partial charge is 0.285 e. The molecule has 0 aliphatic carbocycles. The molecule has 1 heterocycles. The van der Waals surface area contributed by atoms with E-state index in [1.165, 1.54) is 10.9 Å². The van der Waals surface area contributed by atoms with Crippen molar-refractivity contribution in [3.8, 4) is 0 Å². The van der Waals surface area contributed by atoms with Crippen LogP contribution >= 0.6 is 11.6 Å². The lowest BCUT2D eigenvalue weighted by molar-refractivity contribution is 0.306. The van der Waals surface area contributed by atoms with E-state index in [2.05, 4.69) is 4.98 Å². The number of hydrogen-bond donors (Lipinski definition) is 1. The van der Waals surface area contributed by atoms with E-state index in [1.54, 1.807) is 37.4 Å². The van der Waals surface area contributed by atoms with E-state index in [0.717, 1.165) is 4.31 Å². The topological polar surface area (TPSA) is 75.4 Å². The van der Waals surface area contributed by atoms with Gasteiger partial charge < -0.3 is 9.67 Å². The van der Waals surface area contributed by atoms with Gasteiger partial charge in [-0.25, -0.2) is 4.98 Å². The number of sulfonamides is 1. The summed E-state index contributed by atoms with van der Waals surface area (Å²) in [6, 6.07) is 8.50. The largest absolute Gasteiger partial charge is 0.394 e. The maximum atomic E-state index is 12.6. The van der Waals surface area contributed by atoms with Crippen molar-refractivity contribution < 1.29 is 13.5 Å². The molecule has 6 nitrogen and oxygen atoms in total. The maximum absolute atomic E-state index is 12.6. The Hall–Kier alpha value is -1.57. The summed E-state index contributed by atoms with van der Waals surface area (Å²) >= 11 is 5.96. The lowest BCUT2D eigenvalue weighted by Gasteiger charge is -2.22. The molecule has 2 rings (SSSR count). The first-order valence-corrected chi connectivity index (χ1v) is 7.65. The second kappa shape index (κ2) is 5.82. The van der Waals surface area contributed by atoms with Crippen molar-refractivity contribution in [2.45, 2.75) is 5.03 Å². The van der Waals surface area contributed by atoms with Gasteiger partial charge in [0.1, 0.15) is 5.15 Å². The van der Waals surface area contributed by atoms with Crippen LogP contribution in [0, 0.1) is 0 Å². The first kappa shape index (κ1) is 14.8. The van der Waals surface area contributed by atoms with Crippen LogP contribution < -0.4 is 4.31 Å². The third-order valence-electron chi connectivity index (χ3n) is 2.72. The molecule has 8 heteroatoms. The quantitative estimate of drug-likeness (QED) is 0.901. The molecular weight excluding hydrogens is 302 g/mol. The normalized spacial score (nSPS) is 11.6. The monoisotopic (exact) mass is 315 g/mol. The molecule has 0 unspecified atom stereocenters. The van der Waals surface area contributed by atoms with Crippen molar-refractivity contribution in [1.82, 2.24) is 9.55 Å². The Morgan fingerprint density at radius 2 is 2.00 bits per heavy atom. The first-order valence-electron chi connectivity index (χ1n) is 5.84. The van der Waals surface area contributed by atoms with Crippen LogP contribution in [0.25, 0.3) is 0 Å². The van der Waals surface area contributed by atoms with Crippen LogP contribution in [0.5, 0.6) is 0 Å². The summed E-state index contributed by atoms with van der Waals surface area (Å²) in [7, 11) is -2.31. The number of imidazole rings is 1. The molecule has 0 fully saturated rings. The molecule has 0 saturated carbocycles. The zero-order chi connectivity index (χ0) is 14.8. The van der Waals surface area contributed by atoms with Crippen LogP contribution in [-0.4, -0.2) is 36.2 Å². The van der Waals surface area contributed by atoms with Crippen LogP contribution in [0.2, 0.25) is 5.15 Å². The Balaban J connectivity index is 2.51. The molecule has 0 aliphatic rings. The Morgan fingerprint density at radius 1 is 1.35 bits per heavy atom. The standard InChI is InChI=1S/C12H14ClN3O3S/c1-15-9-14-12(11(15)13)20(18,19)16(7-8-17)10-5-3-2-4-6-10/h2-6,9,17H,7-8H2,1H3. The molecule has 1 aromatic heterocycles. The molecule has 20 heavy (non-hydrogen) atoms. The lowest BCUT2D eigenvalue weighted by atomic mass is 10.3. The summed E-state index contributed by atoms with van der Waals surface area (Å²) in [5.74, 6) is 0. The van der Waals surface area contributed by atoms with E-state index < -0.39 is 10.0 Å². The molecule has 2 aromatic rings. The summed E-state index contributed by atoms with van der Waals surface area (Å²) in [6.07, 6.45) is 1.33. The summed E-state index contributed by atoms with van der Waals surface area (Å²) in [5, 5.41) is 8.93. The molecule has 0 spiro atoms. The average molecular weight is 316 g/mol. The number of aromatic nitrogens is 2. The van der Waals surface area contributed by atoms with Crippen LogP contribution in [0.15, 0.2) is 41.7 Å².